The highest BCUT2D eigenvalue weighted by Gasteiger charge is 2.25. The van der Waals surface area contributed by atoms with Crippen LogP contribution in [0.4, 0.5) is 4.79 Å². The van der Waals surface area contributed by atoms with E-state index in [1.54, 1.807) is 18.2 Å². The van der Waals surface area contributed by atoms with E-state index in [0.29, 0.717) is 10.6 Å². The van der Waals surface area contributed by atoms with Gasteiger partial charge in [-0.15, -0.1) is 0 Å². The Morgan fingerprint density at radius 2 is 2.12 bits per heavy atom. The van der Waals surface area contributed by atoms with Crippen molar-refractivity contribution in [3.63, 3.8) is 0 Å². The van der Waals surface area contributed by atoms with Gasteiger partial charge in [0.25, 0.3) is 0 Å². The van der Waals surface area contributed by atoms with Crippen molar-refractivity contribution >= 4 is 29.8 Å². The van der Waals surface area contributed by atoms with Gasteiger partial charge in [0.1, 0.15) is 6.54 Å². The minimum absolute atomic E-state index is 0.0558. The molecule has 0 saturated carbocycles. The van der Waals surface area contributed by atoms with Crippen molar-refractivity contribution in [2.45, 2.75) is 0 Å². The second kappa shape index (κ2) is 4.32. The fourth-order valence-corrected chi connectivity index (χ4v) is 1.42. The van der Waals surface area contributed by atoms with Crippen molar-refractivity contribution in [1.29, 1.82) is 0 Å². The predicted molar refractivity (Wildman–Crippen MR) is 59.3 cm³/mol. The third-order valence-electron chi connectivity index (χ3n) is 2.02. The Hall–Kier alpha value is -1.88. The maximum atomic E-state index is 11.1. The van der Waals surface area contributed by atoms with E-state index in [1.807, 2.05) is 6.07 Å². The lowest BCUT2D eigenvalue weighted by molar-refractivity contribution is -0.118. The minimum Gasteiger partial charge on any atom is -0.275 e. The molecular weight excluding hydrogens is 230 g/mol. The molecule has 5 nitrogen and oxygen atoms in total. The van der Waals surface area contributed by atoms with Gasteiger partial charge in [-0.05, 0) is 6.07 Å². The fourth-order valence-electron chi connectivity index (χ4n) is 1.24. The van der Waals surface area contributed by atoms with Crippen LogP contribution in [0.5, 0.6) is 0 Å². The van der Waals surface area contributed by atoms with Crippen molar-refractivity contribution in [3.05, 3.63) is 34.9 Å². The standard InChI is InChI=1S/C10H8ClN3O2/c11-8-4-2-1-3-7(8)5-12-14-6-9(15)13-10(14)16/h1-5H,6H2,(H,13,15,16)/b12-5-. The Bertz CT molecular complexity index is 473. The zero-order valence-electron chi connectivity index (χ0n) is 8.18. The molecule has 0 radical (unpaired) electrons. The number of carbonyl (C=O) groups is 2. The SMILES string of the molecule is O=C1CN(/N=C\c2ccccc2Cl)C(=O)N1. The summed E-state index contributed by atoms with van der Waals surface area (Å²) in [4.78, 5) is 22.0. The van der Waals surface area contributed by atoms with Crippen molar-refractivity contribution < 1.29 is 9.59 Å². The number of hydrazone groups is 1. The predicted octanol–water partition coefficient (Wildman–Crippen LogP) is 1.23. The molecule has 0 atom stereocenters. The summed E-state index contributed by atoms with van der Waals surface area (Å²) in [5.74, 6) is -0.360. The first-order valence-electron chi connectivity index (χ1n) is 4.56. The van der Waals surface area contributed by atoms with Crippen LogP contribution in [0.2, 0.25) is 5.02 Å². The Labute approximate surface area is 96.7 Å². The molecule has 16 heavy (non-hydrogen) atoms. The Balaban J connectivity index is 2.13. The summed E-state index contributed by atoms with van der Waals surface area (Å²) in [7, 11) is 0. The van der Waals surface area contributed by atoms with Gasteiger partial charge in [0.15, 0.2) is 0 Å². The molecule has 2 rings (SSSR count). The van der Waals surface area contributed by atoms with Gasteiger partial charge < -0.3 is 0 Å². The van der Waals surface area contributed by atoms with E-state index in [2.05, 4.69) is 10.4 Å². The maximum Gasteiger partial charge on any atom is 0.344 e. The maximum absolute atomic E-state index is 11.1. The van der Waals surface area contributed by atoms with E-state index in [4.69, 9.17) is 11.6 Å². The quantitative estimate of drug-likeness (QED) is 0.621. The number of halogens is 1. The summed E-state index contributed by atoms with van der Waals surface area (Å²) in [6.07, 6.45) is 1.44. The molecular formula is C10H8ClN3O2. The summed E-state index contributed by atoms with van der Waals surface area (Å²) < 4.78 is 0. The van der Waals surface area contributed by atoms with Crippen LogP contribution in [-0.4, -0.2) is 29.7 Å². The summed E-state index contributed by atoms with van der Waals surface area (Å²) in [5.41, 5.74) is 0.691. The highest BCUT2D eigenvalue weighted by Crippen LogP contribution is 2.12. The molecule has 1 saturated heterocycles. The third kappa shape index (κ3) is 2.20. The number of hydrogen-bond acceptors (Lipinski definition) is 3. The number of benzene rings is 1. The average molecular weight is 238 g/mol. The van der Waals surface area contributed by atoms with Crippen LogP contribution in [0.1, 0.15) is 5.56 Å². The number of carbonyl (C=O) groups excluding carboxylic acids is 2. The zero-order chi connectivity index (χ0) is 11.5. The van der Waals surface area contributed by atoms with Crippen LogP contribution in [0.3, 0.4) is 0 Å². The number of imide groups is 1. The highest BCUT2D eigenvalue weighted by molar-refractivity contribution is 6.33. The summed E-state index contributed by atoms with van der Waals surface area (Å²) >= 11 is 5.90. The number of urea groups is 1. The molecule has 1 aliphatic heterocycles. The van der Waals surface area contributed by atoms with Crippen LogP contribution in [0.25, 0.3) is 0 Å². The monoisotopic (exact) mass is 237 g/mol. The molecule has 0 bridgehead atoms. The molecule has 0 aromatic heterocycles. The van der Waals surface area contributed by atoms with Crippen molar-refractivity contribution in [3.8, 4) is 0 Å². The fraction of sp³-hybridized carbons (Fsp3) is 0.100. The number of rotatable bonds is 2. The smallest absolute Gasteiger partial charge is 0.275 e. The topological polar surface area (TPSA) is 61.8 Å². The zero-order valence-corrected chi connectivity index (χ0v) is 8.94. The van der Waals surface area contributed by atoms with Crippen LogP contribution in [0.15, 0.2) is 29.4 Å². The van der Waals surface area contributed by atoms with E-state index < -0.39 is 6.03 Å². The third-order valence-corrected chi connectivity index (χ3v) is 2.36. The molecule has 1 aromatic rings. The summed E-state index contributed by atoms with van der Waals surface area (Å²) in [5, 5.41) is 7.58. The highest BCUT2D eigenvalue weighted by atomic mass is 35.5. The molecule has 6 heteroatoms. The molecule has 1 aliphatic rings. The lowest BCUT2D eigenvalue weighted by Crippen LogP contribution is -2.24. The van der Waals surface area contributed by atoms with Crippen LogP contribution in [-0.2, 0) is 4.79 Å². The van der Waals surface area contributed by atoms with E-state index >= 15 is 0 Å². The molecule has 1 heterocycles. The largest absolute Gasteiger partial charge is 0.344 e. The first kappa shape index (κ1) is 10.6. The summed E-state index contributed by atoms with van der Waals surface area (Å²) in [6, 6.07) is 6.57. The van der Waals surface area contributed by atoms with Crippen LogP contribution < -0.4 is 5.32 Å². The Morgan fingerprint density at radius 1 is 1.38 bits per heavy atom. The lowest BCUT2D eigenvalue weighted by atomic mass is 10.2. The minimum atomic E-state index is -0.520. The first-order valence-corrected chi connectivity index (χ1v) is 4.94. The van der Waals surface area contributed by atoms with Crippen LogP contribution >= 0.6 is 11.6 Å². The van der Waals surface area contributed by atoms with Gasteiger partial charge in [-0.2, -0.15) is 5.10 Å². The number of amides is 3. The number of nitrogens with one attached hydrogen (secondary N) is 1. The number of hydrogen-bond donors (Lipinski definition) is 1. The van der Waals surface area contributed by atoms with Gasteiger partial charge in [0.2, 0.25) is 5.91 Å². The Morgan fingerprint density at radius 3 is 2.75 bits per heavy atom. The normalized spacial score (nSPS) is 15.9. The van der Waals surface area contributed by atoms with Gasteiger partial charge in [0.05, 0.1) is 6.21 Å². The molecule has 0 spiro atoms. The summed E-state index contributed by atoms with van der Waals surface area (Å²) in [6.45, 7) is -0.0558. The first-order chi connectivity index (χ1) is 7.66. The van der Waals surface area contributed by atoms with E-state index in [0.717, 1.165) is 5.01 Å². The second-order valence-electron chi connectivity index (χ2n) is 3.18. The van der Waals surface area contributed by atoms with Gasteiger partial charge >= 0.3 is 6.03 Å². The Kier molecular flexibility index (Phi) is 2.87. The molecule has 1 N–H and O–H groups in total. The molecule has 1 fully saturated rings. The van der Waals surface area contributed by atoms with Crippen molar-refractivity contribution in [2.75, 3.05) is 6.54 Å². The van der Waals surface area contributed by atoms with Gasteiger partial charge in [-0.1, -0.05) is 29.8 Å². The average Bonchev–Trinajstić information content (AvgIpc) is 2.56. The van der Waals surface area contributed by atoms with Crippen LogP contribution in [0, 0.1) is 0 Å². The molecule has 0 unspecified atom stereocenters. The van der Waals surface area contributed by atoms with E-state index in [-0.39, 0.29) is 12.5 Å². The van der Waals surface area contributed by atoms with Gasteiger partial charge in [0, 0.05) is 10.6 Å². The number of nitrogens with zero attached hydrogens (tertiary/aromatic N) is 2. The second-order valence-corrected chi connectivity index (χ2v) is 3.58. The van der Waals surface area contributed by atoms with E-state index in [1.165, 1.54) is 6.21 Å². The molecule has 3 amide bonds. The molecule has 82 valence electrons. The van der Waals surface area contributed by atoms with Crippen molar-refractivity contribution in [2.24, 2.45) is 5.10 Å². The molecule has 1 aromatic carbocycles. The van der Waals surface area contributed by atoms with Gasteiger partial charge in [-0.25, -0.2) is 9.80 Å². The van der Waals surface area contributed by atoms with E-state index in [9.17, 15) is 9.59 Å². The lowest BCUT2D eigenvalue weighted by Gasteiger charge is -2.04. The van der Waals surface area contributed by atoms with Crippen molar-refractivity contribution in [1.82, 2.24) is 10.3 Å². The molecule has 0 aliphatic carbocycles. The van der Waals surface area contributed by atoms with Gasteiger partial charge in [-0.3, -0.25) is 10.1 Å².